The summed E-state index contributed by atoms with van der Waals surface area (Å²) in [5.74, 6) is 0.803. The quantitative estimate of drug-likeness (QED) is 0.703. The summed E-state index contributed by atoms with van der Waals surface area (Å²) in [5.41, 5.74) is 1.58. The molecule has 2 aromatic carbocycles. The van der Waals surface area contributed by atoms with Gasteiger partial charge in [-0.1, -0.05) is 6.07 Å². The van der Waals surface area contributed by atoms with Gasteiger partial charge in [-0.3, -0.25) is 9.10 Å². The number of sulfonamides is 1. The van der Waals surface area contributed by atoms with Crippen LogP contribution in [0.15, 0.2) is 36.4 Å². The zero-order valence-electron chi connectivity index (χ0n) is 17.3. The summed E-state index contributed by atoms with van der Waals surface area (Å²) in [7, 11) is 0.667. The van der Waals surface area contributed by atoms with Crippen LogP contribution in [-0.4, -0.2) is 48.0 Å². The Morgan fingerprint density at radius 1 is 0.966 bits per heavy atom. The number of amides is 1. The van der Waals surface area contributed by atoms with Crippen LogP contribution in [0.1, 0.15) is 12.5 Å². The first-order valence-electron chi connectivity index (χ1n) is 8.79. The van der Waals surface area contributed by atoms with Gasteiger partial charge in [-0.15, -0.1) is 0 Å². The fraction of sp³-hybridized carbons (Fsp3) is 0.350. The maximum atomic E-state index is 12.9. The molecule has 158 valence electrons. The fourth-order valence-corrected chi connectivity index (χ4v) is 4.08. The molecule has 0 aliphatic rings. The van der Waals surface area contributed by atoms with Gasteiger partial charge in [0.1, 0.15) is 11.8 Å². The lowest BCUT2D eigenvalue weighted by Gasteiger charge is -2.29. The van der Waals surface area contributed by atoms with Gasteiger partial charge in [0.2, 0.25) is 15.9 Å². The van der Waals surface area contributed by atoms with Crippen molar-refractivity contribution < 1.29 is 27.4 Å². The Morgan fingerprint density at radius 3 is 2.10 bits per heavy atom. The first-order valence-corrected chi connectivity index (χ1v) is 10.6. The van der Waals surface area contributed by atoms with Gasteiger partial charge in [0, 0.05) is 11.8 Å². The zero-order chi connectivity index (χ0) is 21.8. The second-order valence-electron chi connectivity index (χ2n) is 6.47. The Hall–Kier alpha value is -2.94. The molecule has 0 fully saturated rings. The van der Waals surface area contributed by atoms with Crippen molar-refractivity contribution in [3.63, 3.8) is 0 Å². The van der Waals surface area contributed by atoms with E-state index in [0.717, 1.165) is 16.1 Å². The van der Waals surface area contributed by atoms with Crippen molar-refractivity contribution in [2.45, 2.75) is 19.9 Å². The highest BCUT2D eigenvalue weighted by atomic mass is 32.2. The number of benzene rings is 2. The van der Waals surface area contributed by atoms with E-state index in [0.29, 0.717) is 28.6 Å². The van der Waals surface area contributed by atoms with E-state index >= 15 is 0 Å². The van der Waals surface area contributed by atoms with Gasteiger partial charge in [0.15, 0.2) is 11.5 Å². The predicted molar refractivity (Wildman–Crippen MR) is 113 cm³/mol. The molecule has 0 bridgehead atoms. The molecule has 9 heteroatoms. The number of aryl methyl sites for hydroxylation is 1. The minimum atomic E-state index is -3.78. The third-order valence-corrected chi connectivity index (χ3v) is 5.54. The van der Waals surface area contributed by atoms with Crippen LogP contribution in [0.3, 0.4) is 0 Å². The summed E-state index contributed by atoms with van der Waals surface area (Å²) >= 11 is 0. The maximum Gasteiger partial charge on any atom is 0.247 e. The van der Waals surface area contributed by atoms with Gasteiger partial charge in [-0.05, 0) is 43.7 Å². The topological polar surface area (TPSA) is 94.2 Å². The number of nitrogens with zero attached hydrogens (tertiary/aromatic N) is 1. The molecular formula is C20H26N2O6S. The van der Waals surface area contributed by atoms with Gasteiger partial charge in [0.25, 0.3) is 0 Å². The normalized spacial score (nSPS) is 12.1. The minimum absolute atomic E-state index is 0.296. The average molecular weight is 423 g/mol. The molecular weight excluding hydrogens is 396 g/mol. The van der Waals surface area contributed by atoms with Gasteiger partial charge in [0.05, 0.1) is 33.3 Å². The molecule has 29 heavy (non-hydrogen) atoms. The lowest BCUT2D eigenvalue weighted by atomic mass is 10.2. The number of ether oxygens (including phenoxy) is 3. The van der Waals surface area contributed by atoms with E-state index in [-0.39, 0.29) is 0 Å². The molecule has 2 aromatic rings. The number of hydrogen-bond acceptors (Lipinski definition) is 6. The molecule has 0 aliphatic heterocycles. The first kappa shape index (κ1) is 22.4. The van der Waals surface area contributed by atoms with Crippen LogP contribution in [0.4, 0.5) is 11.4 Å². The molecule has 0 aromatic heterocycles. The van der Waals surface area contributed by atoms with Crippen molar-refractivity contribution in [1.82, 2.24) is 0 Å². The van der Waals surface area contributed by atoms with Crippen molar-refractivity contribution in [2.24, 2.45) is 0 Å². The molecule has 1 atom stereocenters. The van der Waals surface area contributed by atoms with E-state index in [1.165, 1.54) is 28.3 Å². The summed E-state index contributed by atoms with van der Waals surface area (Å²) in [6, 6.07) is 9.00. The predicted octanol–water partition coefficient (Wildman–Crippen LogP) is 2.81. The van der Waals surface area contributed by atoms with Crippen LogP contribution in [0.2, 0.25) is 0 Å². The van der Waals surface area contributed by atoms with Crippen LogP contribution in [-0.2, 0) is 14.8 Å². The number of nitrogens with one attached hydrogen (secondary N) is 1. The van der Waals surface area contributed by atoms with E-state index in [4.69, 9.17) is 14.2 Å². The van der Waals surface area contributed by atoms with Crippen LogP contribution >= 0.6 is 0 Å². The molecule has 1 N–H and O–H groups in total. The minimum Gasteiger partial charge on any atom is -0.495 e. The SMILES string of the molecule is COc1ccc(NC(=O)[C@@H](C)N(c2cc(C)ccc2OC)S(C)(=O)=O)cc1OC. The van der Waals surface area contributed by atoms with Crippen LogP contribution in [0.5, 0.6) is 17.2 Å². The Kier molecular flexibility index (Phi) is 6.97. The smallest absolute Gasteiger partial charge is 0.247 e. The Labute approximate surface area is 171 Å². The molecule has 0 heterocycles. The molecule has 0 aliphatic carbocycles. The highest BCUT2D eigenvalue weighted by Gasteiger charge is 2.31. The molecule has 0 saturated carbocycles. The zero-order valence-corrected chi connectivity index (χ0v) is 18.2. The van der Waals surface area contributed by atoms with Crippen molar-refractivity contribution in [1.29, 1.82) is 0 Å². The van der Waals surface area contributed by atoms with Gasteiger partial charge in [-0.25, -0.2) is 8.42 Å². The lowest BCUT2D eigenvalue weighted by molar-refractivity contribution is -0.116. The molecule has 0 radical (unpaired) electrons. The Morgan fingerprint density at radius 2 is 1.55 bits per heavy atom. The van der Waals surface area contributed by atoms with Crippen LogP contribution in [0.25, 0.3) is 0 Å². The summed E-state index contributed by atoms with van der Waals surface area (Å²) in [4.78, 5) is 12.9. The summed E-state index contributed by atoms with van der Waals surface area (Å²) in [5, 5.41) is 2.72. The summed E-state index contributed by atoms with van der Waals surface area (Å²) < 4.78 is 41.9. The summed E-state index contributed by atoms with van der Waals surface area (Å²) in [6.07, 6.45) is 1.05. The second kappa shape index (κ2) is 9.04. The third kappa shape index (κ3) is 5.11. The number of rotatable bonds is 8. The van der Waals surface area contributed by atoms with E-state index in [2.05, 4.69) is 5.32 Å². The molecule has 0 saturated heterocycles. The fourth-order valence-electron chi connectivity index (χ4n) is 2.91. The van der Waals surface area contributed by atoms with E-state index in [1.54, 1.807) is 36.4 Å². The van der Waals surface area contributed by atoms with Gasteiger partial charge >= 0.3 is 0 Å². The molecule has 1 amide bonds. The van der Waals surface area contributed by atoms with Crippen molar-refractivity contribution >= 4 is 27.3 Å². The van der Waals surface area contributed by atoms with Crippen LogP contribution in [0, 0.1) is 6.92 Å². The first-order chi connectivity index (χ1) is 13.6. The molecule has 2 rings (SSSR count). The number of carbonyl (C=O) groups is 1. The molecule has 0 spiro atoms. The van der Waals surface area contributed by atoms with Crippen molar-refractivity contribution in [3.05, 3.63) is 42.0 Å². The van der Waals surface area contributed by atoms with Crippen molar-refractivity contribution in [3.8, 4) is 17.2 Å². The number of carbonyl (C=O) groups excluding carboxylic acids is 1. The number of anilines is 2. The molecule has 8 nitrogen and oxygen atoms in total. The maximum absolute atomic E-state index is 12.9. The third-order valence-electron chi connectivity index (χ3n) is 4.31. The Balaban J connectivity index is 2.39. The van der Waals surface area contributed by atoms with E-state index in [1.807, 2.05) is 6.92 Å². The number of hydrogen-bond donors (Lipinski definition) is 1. The average Bonchev–Trinajstić information content (AvgIpc) is 2.67. The highest BCUT2D eigenvalue weighted by Crippen LogP contribution is 2.33. The second-order valence-corrected chi connectivity index (χ2v) is 8.33. The summed E-state index contributed by atoms with van der Waals surface area (Å²) in [6.45, 7) is 3.34. The van der Waals surface area contributed by atoms with Gasteiger partial charge in [-0.2, -0.15) is 0 Å². The van der Waals surface area contributed by atoms with Crippen molar-refractivity contribution in [2.75, 3.05) is 37.2 Å². The van der Waals surface area contributed by atoms with E-state index < -0.39 is 22.0 Å². The monoisotopic (exact) mass is 422 g/mol. The lowest BCUT2D eigenvalue weighted by Crippen LogP contribution is -2.45. The van der Waals surface area contributed by atoms with Crippen LogP contribution < -0.4 is 23.8 Å². The van der Waals surface area contributed by atoms with E-state index in [9.17, 15) is 13.2 Å². The largest absolute Gasteiger partial charge is 0.495 e. The standard InChI is InChI=1S/C20H26N2O6S/c1-13-7-9-17(26-3)16(11-13)22(29(6,24)25)14(2)20(23)21-15-8-10-18(27-4)19(12-15)28-5/h7-12,14H,1-6H3,(H,21,23)/t14-/m1/s1. The number of methoxy groups -OCH3 is 3. The Bertz CT molecular complexity index is 990. The van der Waals surface area contributed by atoms with Gasteiger partial charge < -0.3 is 19.5 Å². The molecule has 0 unspecified atom stereocenters. The highest BCUT2D eigenvalue weighted by molar-refractivity contribution is 7.92.